The Morgan fingerprint density at radius 3 is 2.18 bits per heavy atom. The van der Waals surface area contributed by atoms with Gasteiger partial charge >= 0.3 is 5.97 Å². The van der Waals surface area contributed by atoms with Crippen LogP contribution in [-0.4, -0.2) is 23.0 Å². The van der Waals surface area contributed by atoms with E-state index in [0.717, 1.165) is 25.7 Å². The van der Waals surface area contributed by atoms with Crippen molar-refractivity contribution in [2.24, 2.45) is 5.41 Å². The van der Waals surface area contributed by atoms with Gasteiger partial charge in [0.15, 0.2) is 0 Å². The molecule has 0 bridgehead atoms. The quantitative estimate of drug-likeness (QED) is 0.750. The van der Waals surface area contributed by atoms with Crippen LogP contribution in [0.15, 0.2) is 0 Å². The molecule has 2 N–H and O–H groups in total. The van der Waals surface area contributed by atoms with Crippen LogP contribution in [0.1, 0.15) is 58.8 Å². The van der Waals surface area contributed by atoms with Gasteiger partial charge in [0.1, 0.15) is 0 Å². The van der Waals surface area contributed by atoms with Crippen molar-refractivity contribution < 1.29 is 14.7 Å². The molecule has 0 aromatic carbocycles. The summed E-state index contributed by atoms with van der Waals surface area (Å²) in [6.45, 7) is 4.05. The number of carboxylic acids is 1. The number of carbonyl (C=O) groups is 2. The number of nitrogens with one attached hydrogen (secondary N) is 1. The van der Waals surface area contributed by atoms with Crippen LogP contribution in [0, 0.1) is 5.41 Å². The fourth-order valence-electron chi connectivity index (χ4n) is 2.60. The summed E-state index contributed by atoms with van der Waals surface area (Å²) in [6, 6.07) is 0.176. The number of hydrogen-bond acceptors (Lipinski definition) is 2. The molecule has 4 nitrogen and oxygen atoms in total. The number of hydrogen-bond donors (Lipinski definition) is 2. The Morgan fingerprint density at radius 2 is 1.76 bits per heavy atom. The van der Waals surface area contributed by atoms with Crippen LogP contribution in [0.2, 0.25) is 0 Å². The molecule has 0 heterocycles. The van der Waals surface area contributed by atoms with E-state index >= 15 is 0 Å². The molecule has 0 aromatic rings. The van der Waals surface area contributed by atoms with Crippen LogP contribution in [0.25, 0.3) is 0 Å². The molecule has 1 rings (SSSR count). The molecule has 4 heteroatoms. The van der Waals surface area contributed by atoms with Gasteiger partial charge in [0.05, 0.1) is 5.41 Å². The summed E-state index contributed by atoms with van der Waals surface area (Å²) in [5.74, 6) is -0.919. The van der Waals surface area contributed by atoms with Crippen LogP contribution in [0.3, 0.4) is 0 Å². The molecular formula is C13H23NO3. The Morgan fingerprint density at radius 1 is 1.24 bits per heavy atom. The van der Waals surface area contributed by atoms with Gasteiger partial charge in [-0.15, -0.1) is 0 Å². The highest BCUT2D eigenvalue weighted by Crippen LogP contribution is 2.41. The lowest BCUT2D eigenvalue weighted by Crippen LogP contribution is -2.39. The lowest BCUT2D eigenvalue weighted by Gasteiger charge is -2.24. The minimum atomic E-state index is -0.810. The van der Waals surface area contributed by atoms with E-state index in [-0.39, 0.29) is 18.4 Å². The third-order valence-electron chi connectivity index (χ3n) is 3.86. The normalized spacial score (nSPS) is 18.3. The van der Waals surface area contributed by atoms with Gasteiger partial charge in [-0.25, -0.2) is 0 Å². The summed E-state index contributed by atoms with van der Waals surface area (Å²) >= 11 is 0. The Balaban J connectivity index is 2.56. The second-order valence-electron chi connectivity index (χ2n) is 5.05. The zero-order chi connectivity index (χ0) is 12.9. The van der Waals surface area contributed by atoms with Crippen LogP contribution in [0.5, 0.6) is 0 Å². The highest BCUT2D eigenvalue weighted by atomic mass is 16.4. The molecule has 0 aliphatic heterocycles. The lowest BCUT2D eigenvalue weighted by atomic mass is 9.82. The summed E-state index contributed by atoms with van der Waals surface area (Å²) < 4.78 is 0. The van der Waals surface area contributed by atoms with Crippen molar-refractivity contribution in [2.75, 3.05) is 0 Å². The Bertz CT molecular complexity index is 278. The Kier molecular flexibility index (Phi) is 4.97. The van der Waals surface area contributed by atoms with Gasteiger partial charge in [0.25, 0.3) is 0 Å². The van der Waals surface area contributed by atoms with Crippen LogP contribution in [0.4, 0.5) is 0 Å². The predicted molar refractivity (Wildman–Crippen MR) is 65.7 cm³/mol. The molecule has 98 valence electrons. The first-order chi connectivity index (χ1) is 8.04. The van der Waals surface area contributed by atoms with Gasteiger partial charge in [-0.3, -0.25) is 9.59 Å². The predicted octanol–water partition coefficient (Wildman–Crippen LogP) is 2.33. The fourth-order valence-corrected chi connectivity index (χ4v) is 2.60. The zero-order valence-corrected chi connectivity index (χ0v) is 10.8. The standard InChI is InChI=1S/C13H23NO3/c1-3-10(4-2)14-11(15)9-13(12(16)17)7-5-6-8-13/h10H,3-9H2,1-2H3,(H,14,15)(H,16,17). The molecule has 1 fully saturated rings. The SMILES string of the molecule is CCC(CC)NC(=O)CC1(C(=O)O)CCCC1. The fraction of sp³-hybridized carbons (Fsp3) is 0.846. The first-order valence-corrected chi connectivity index (χ1v) is 6.57. The van der Waals surface area contributed by atoms with Gasteiger partial charge in [-0.2, -0.15) is 0 Å². The van der Waals surface area contributed by atoms with E-state index in [2.05, 4.69) is 5.32 Å². The van der Waals surface area contributed by atoms with Crippen molar-refractivity contribution in [1.82, 2.24) is 5.32 Å². The summed E-state index contributed by atoms with van der Waals surface area (Å²) in [4.78, 5) is 23.2. The summed E-state index contributed by atoms with van der Waals surface area (Å²) in [5, 5.41) is 12.2. The Hall–Kier alpha value is -1.06. The molecule has 0 aromatic heterocycles. The highest BCUT2D eigenvalue weighted by molar-refractivity contribution is 5.85. The molecule has 1 aliphatic rings. The zero-order valence-electron chi connectivity index (χ0n) is 10.8. The molecule has 1 amide bonds. The van der Waals surface area contributed by atoms with E-state index in [4.69, 9.17) is 0 Å². The maximum Gasteiger partial charge on any atom is 0.310 e. The van der Waals surface area contributed by atoms with Gasteiger partial charge < -0.3 is 10.4 Å². The van der Waals surface area contributed by atoms with E-state index in [1.165, 1.54) is 0 Å². The van der Waals surface area contributed by atoms with Crippen molar-refractivity contribution in [3.05, 3.63) is 0 Å². The van der Waals surface area contributed by atoms with Crippen LogP contribution >= 0.6 is 0 Å². The average molecular weight is 241 g/mol. The monoisotopic (exact) mass is 241 g/mol. The largest absolute Gasteiger partial charge is 0.481 e. The second kappa shape index (κ2) is 6.03. The van der Waals surface area contributed by atoms with E-state index in [1.807, 2.05) is 13.8 Å². The van der Waals surface area contributed by atoms with Crippen molar-refractivity contribution in [2.45, 2.75) is 64.8 Å². The van der Waals surface area contributed by atoms with E-state index in [9.17, 15) is 14.7 Å². The van der Waals surface area contributed by atoms with Gasteiger partial charge in [0.2, 0.25) is 5.91 Å². The number of aliphatic carboxylic acids is 1. The lowest BCUT2D eigenvalue weighted by molar-refractivity contribution is -0.151. The minimum absolute atomic E-state index is 0.108. The highest BCUT2D eigenvalue weighted by Gasteiger charge is 2.43. The number of rotatable bonds is 6. The van der Waals surface area contributed by atoms with Crippen LogP contribution < -0.4 is 5.32 Å². The van der Waals surface area contributed by atoms with E-state index < -0.39 is 11.4 Å². The molecule has 17 heavy (non-hydrogen) atoms. The minimum Gasteiger partial charge on any atom is -0.481 e. The molecular weight excluding hydrogens is 218 g/mol. The third kappa shape index (κ3) is 3.45. The molecule has 1 saturated carbocycles. The van der Waals surface area contributed by atoms with Gasteiger partial charge in [-0.1, -0.05) is 26.7 Å². The second-order valence-corrected chi connectivity index (χ2v) is 5.05. The smallest absolute Gasteiger partial charge is 0.310 e. The molecule has 0 unspecified atom stereocenters. The van der Waals surface area contributed by atoms with Gasteiger partial charge in [0, 0.05) is 12.5 Å². The van der Waals surface area contributed by atoms with E-state index in [1.54, 1.807) is 0 Å². The maximum absolute atomic E-state index is 11.9. The number of carboxylic acid groups (broad SMARTS) is 1. The van der Waals surface area contributed by atoms with Gasteiger partial charge in [-0.05, 0) is 25.7 Å². The first-order valence-electron chi connectivity index (χ1n) is 6.57. The first kappa shape index (κ1) is 14.0. The topological polar surface area (TPSA) is 66.4 Å². The van der Waals surface area contributed by atoms with E-state index in [0.29, 0.717) is 12.8 Å². The summed E-state index contributed by atoms with van der Waals surface area (Å²) in [5.41, 5.74) is -0.796. The van der Waals surface area contributed by atoms with Crippen molar-refractivity contribution in [1.29, 1.82) is 0 Å². The summed E-state index contributed by atoms with van der Waals surface area (Å²) in [6.07, 6.45) is 5.04. The van der Waals surface area contributed by atoms with Crippen LogP contribution in [-0.2, 0) is 9.59 Å². The molecule has 0 radical (unpaired) electrons. The number of carbonyl (C=O) groups excluding carboxylic acids is 1. The van der Waals surface area contributed by atoms with Crippen molar-refractivity contribution >= 4 is 11.9 Å². The van der Waals surface area contributed by atoms with Crippen molar-refractivity contribution in [3.8, 4) is 0 Å². The maximum atomic E-state index is 11.9. The summed E-state index contributed by atoms with van der Waals surface area (Å²) in [7, 11) is 0. The average Bonchev–Trinajstić information content (AvgIpc) is 2.75. The number of amides is 1. The van der Waals surface area contributed by atoms with Crippen molar-refractivity contribution in [3.63, 3.8) is 0 Å². The Labute approximate surface area is 103 Å². The molecule has 0 spiro atoms. The third-order valence-corrected chi connectivity index (χ3v) is 3.86. The molecule has 1 aliphatic carbocycles. The molecule has 0 saturated heterocycles. The molecule has 0 atom stereocenters.